The topological polar surface area (TPSA) is 78.9 Å². The Morgan fingerprint density at radius 1 is 0.333 bits per heavy atom. The fourth-order valence-electron chi connectivity index (χ4n) is 7.23. The summed E-state index contributed by atoms with van der Waals surface area (Å²) in [6, 6.07) is 0. The van der Waals surface area contributed by atoms with Gasteiger partial charge in [0.2, 0.25) is 0 Å². The molecule has 0 saturated heterocycles. The molecule has 0 aliphatic heterocycles. The molecule has 0 bridgehead atoms. The van der Waals surface area contributed by atoms with Gasteiger partial charge in [-0.2, -0.15) is 0 Å². The summed E-state index contributed by atoms with van der Waals surface area (Å²) in [5.41, 5.74) is 0. The van der Waals surface area contributed by atoms with Gasteiger partial charge in [0.25, 0.3) is 0 Å². The van der Waals surface area contributed by atoms with E-state index in [1.54, 1.807) is 0 Å². The molecule has 1 atom stereocenters. The number of rotatable bonds is 47. The number of allylic oxidation sites excluding steroid dienone is 12. The predicted octanol–water partition coefficient (Wildman–Crippen LogP) is 17.4. The zero-order chi connectivity index (χ0) is 45.8. The van der Waals surface area contributed by atoms with Crippen LogP contribution < -0.4 is 0 Å². The van der Waals surface area contributed by atoms with Crippen LogP contribution in [0, 0.1) is 0 Å². The highest BCUT2D eigenvalue weighted by Crippen LogP contribution is 2.15. The van der Waals surface area contributed by atoms with Crippen molar-refractivity contribution in [2.45, 2.75) is 258 Å². The van der Waals surface area contributed by atoms with Crippen molar-refractivity contribution in [1.82, 2.24) is 0 Å². The normalized spacial score (nSPS) is 12.6. The highest BCUT2D eigenvalue weighted by molar-refractivity contribution is 5.71. The molecule has 0 heterocycles. The Morgan fingerprint density at radius 3 is 1.02 bits per heavy atom. The second-order valence-electron chi connectivity index (χ2n) is 17.4. The lowest BCUT2D eigenvalue weighted by molar-refractivity contribution is -0.167. The van der Waals surface area contributed by atoms with Crippen molar-refractivity contribution in [2.75, 3.05) is 13.2 Å². The minimum absolute atomic E-state index is 0.0901. The average molecular weight is 879 g/mol. The van der Waals surface area contributed by atoms with Crippen molar-refractivity contribution in [3.8, 4) is 0 Å². The molecule has 0 radical (unpaired) electrons. The van der Waals surface area contributed by atoms with Crippen LogP contribution in [0.4, 0.5) is 0 Å². The Kier molecular flexibility index (Phi) is 48.9. The number of esters is 3. The molecule has 0 fully saturated rings. The van der Waals surface area contributed by atoms with Gasteiger partial charge < -0.3 is 14.2 Å². The third-order valence-electron chi connectivity index (χ3n) is 11.2. The third-order valence-corrected chi connectivity index (χ3v) is 11.2. The van der Waals surface area contributed by atoms with Crippen molar-refractivity contribution in [2.24, 2.45) is 0 Å². The van der Waals surface area contributed by atoms with Gasteiger partial charge in [0.05, 0.1) is 0 Å². The summed E-state index contributed by atoms with van der Waals surface area (Å²) in [5.74, 6) is -0.930. The smallest absolute Gasteiger partial charge is 0.306 e. The summed E-state index contributed by atoms with van der Waals surface area (Å²) in [6.07, 6.45) is 64.5. The summed E-state index contributed by atoms with van der Waals surface area (Å²) in [7, 11) is 0. The zero-order valence-corrected chi connectivity index (χ0v) is 41.3. The molecule has 0 saturated carbocycles. The van der Waals surface area contributed by atoms with Crippen LogP contribution in [-0.2, 0) is 28.6 Å². The fraction of sp³-hybridized carbons (Fsp3) is 0.737. The molecule has 0 spiro atoms. The molecule has 0 aliphatic carbocycles. The van der Waals surface area contributed by atoms with Gasteiger partial charge in [-0.25, -0.2) is 0 Å². The number of unbranched alkanes of at least 4 members (excludes halogenated alkanes) is 24. The van der Waals surface area contributed by atoms with Crippen LogP contribution in [0.3, 0.4) is 0 Å². The Labute approximate surface area is 389 Å². The van der Waals surface area contributed by atoms with Gasteiger partial charge >= 0.3 is 17.9 Å². The number of carbonyl (C=O) groups excluding carboxylic acids is 3. The summed E-state index contributed by atoms with van der Waals surface area (Å²) >= 11 is 0. The Bertz CT molecular complexity index is 1190. The molecule has 0 aromatic rings. The second kappa shape index (κ2) is 51.5. The van der Waals surface area contributed by atoms with E-state index in [9.17, 15) is 14.4 Å². The van der Waals surface area contributed by atoms with Crippen molar-refractivity contribution >= 4 is 17.9 Å². The highest BCUT2D eigenvalue weighted by Gasteiger charge is 2.19. The zero-order valence-electron chi connectivity index (χ0n) is 41.3. The maximum Gasteiger partial charge on any atom is 0.306 e. The Balaban J connectivity index is 4.41. The molecule has 0 aromatic carbocycles. The van der Waals surface area contributed by atoms with Crippen molar-refractivity contribution < 1.29 is 28.6 Å². The van der Waals surface area contributed by atoms with E-state index in [1.165, 1.54) is 109 Å². The van der Waals surface area contributed by atoms with E-state index >= 15 is 0 Å². The van der Waals surface area contributed by atoms with E-state index in [-0.39, 0.29) is 31.1 Å². The van der Waals surface area contributed by atoms with Gasteiger partial charge in [-0.1, -0.05) is 216 Å². The SMILES string of the molecule is CC/C=C\C/C=C\C/C=C\CCCCCC(=O)OC(COC(=O)CCCCCCCC/C=C\C/C=C\C/C=C\CCCCC)COC(=O)CCCCCCCCCCCCCCC. The molecule has 0 rings (SSSR count). The molecule has 6 heteroatoms. The van der Waals surface area contributed by atoms with Crippen molar-refractivity contribution in [1.29, 1.82) is 0 Å². The molecule has 0 N–H and O–H groups in total. The Hall–Kier alpha value is -3.15. The largest absolute Gasteiger partial charge is 0.462 e. The summed E-state index contributed by atoms with van der Waals surface area (Å²) < 4.78 is 16.8. The monoisotopic (exact) mass is 879 g/mol. The third kappa shape index (κ3) is 49.7. The van der Waals surface area contributed by atoms with E-state index in [0.29, 0.717) is 19.3 Å². The van der Waals surface area contributed by atoms with Gasteiger partial charge in [0.1, 0.15) is 13.2 Å². The van der Waals surface area contributed by atoms with Gasteiger partial charge in [0.15, 0.2) is 6.10 Å². The van der Waals surface area contributed by atoms with Crippen molar-refractivity contribution in [3.63, 3.8) is 0 Å². The molecule has 362 valence electrons. The quantitative estimate of drug-likeness (QED) is 0.0262. The molecule has 0 aromatic heterocycles. The van der Waals surface area contributed by atoms with Gasteiger partial charge in [-0.3, -0.25) is 14.4 Å². The molecule has 6 nitrogen and oxygen atoms in total. The minimum atomic E-state index is -0.794. The lowest BCUT2D eigenvalue weighted by atomic mass is 10.0. The van der Waals surface area contributed by atoms with E-state index < -0.39 is 6.10 Å². The first-order chi connectivity index (χ1) is 31.0. The number of ether oxygens (including phenoxy) is 3. The van der Waals surface area contributed by atoms with Crippen LogP contribution >= 0.6 is 0 Å². The summed E-state index contributed by atoms with van der Waals surface area (Å²) in [6.45, 7) is 6.46. The van der Waals surface area contributed by atoms with E-state index in [4.69, 9.17) is 14.2 Å². The molecular weight excluding hydrogens is 781 g/mol. The molecule has 0 amide bonds. The summed E-state index contributed by atoms with van der Waals surface area (Å²) in [5, 5.41) is 0. The molecular formula is C57H98O6. The maximum atomic E-state index is 12.8. The predicted molar refractivity (Wildman–Crippen MR) is 270 cm³/mol. The Morgan fingerprint density at radius 2 is 0.619 bits per heavy atom. The second-order valence-corrected chi connectivity index (χ2v) is 17.4. The van der Waals surface area contributed by atoms with E-state index in [2.05, 4.69) is 93.7 Å². The molecule has 0 aliphatic rings. The number of hydrogen-bond donors (Lipinski definition) is 0. The highest BCUT2D eigenvalue weighted by atomic mass is 16.6. The fourth-order valence-corrected chi connectivity index (χ4v) is 7.23. The number of carbonyl (C=O) groups is 3. The lowest BCUT2D eigenvalue weighted by Crippen LogP contribution is -2.30. The summed E-state index contributed by atoms with van der Waals surface area (Å²) in [4.78, 5) is 38.0. The van der Waals surface area contributed by atoms with Crippen LogP contribution in [0.15, 0.2) is 72.9 Å². The van der Waals surface area contributed by atoms with E-state index in [0.717, 1.165) is 103 Å². The first-order valence-corrected chi connectivity index (χ1v) is 26.4. The average Bonchev–Trinajstić information content (AvgIpc) is 3.28. The standard InChI is InChI=1S/C57H98O6/c1-4-7-10-13-16-19-22-25-26-27-28-29-30-33-35-38-41-44-47-50-56(59)62-53-54(63-57(60)51-48-45-42-39-36-32-24-21-18-15-12-9-6-3)52-61-55(58)49-46-43-40-37-34-31-23-20-17-14-11-8-5-2/h9,12,16,18-19,21,25-26,28-29,32,36,54H,4-8,10-11,13-15,17,20,22-24,27,30-31,33-35,37-53H2,1-3H3/b12-9-,19-16-,21-18-,26-25-,29-28-,36-32-. The molecule has 1 unspecified atom stereocenters. The van der Waals surface area contributed by atoms with Crippen LogP contribution in [0.25, 0.3) is 0 Å². The van der Waals surface area contributed by atoms with Gasteiger partial charge in [0, 0.05) is 19.3 Å². The first-order valence-electron chi connectivity index (χ1n) is 26.4. The maximum absolute atomic E-state index is 12.8. The van der Waals surface area contributed by atoms with E-state index in [1.807, 2.05) is 0 Å². The molecule has 63 heavy (non-hydrogen) atoms. The van der Waals surface area contributed by atoms with Crippen LogP contribution in [-0.4, -0.2) is 37.2 Å². The minimum Gasteiger partial charge on any atom is -0.462 e. The number of hydrogen-bond acceptors (Lipinski definition) is 6. The van der Waals surface area contributed by atoms with Crippen molar-refractivity contribution in [3.05, 3.63) is 72.9 Å². The lowest BCUT2D eigenvalue weighted by Gasteiger charge is -2.18. The van der Waals surface area contributed by atoms with Crippen LogP contribution in [0.2, 0.25) is 0 Å². The van der Waals surface area contributed by atoms with Gasteiger partial charge in [-0.15, -0.1) is 0 Å². The van der Waals surface area contributed by atoms with Crippen LogP contribution in [0.1, 0.15) is 252 Å². The van der Waals surface area contributed by atoms with Crippen LogP contribution in [0.5, 0.6) is 0 Å². The van der Waals surface area contributed by atoms with Gasteiger partial charge in [-0.05, 0) is 89.9 Å². The first kappa shape index (κ1) is 59.9.